The van der Waals surface area contributed by atoms with Crippen molar-refractivity contribution in [1.82, 2.24) is 20.0 Å². The van der Waals surface area contributed by atoms with Crippen molar-refractivity contribution in [2.75, 3.05) is 26.7 Å². The predicted octanol–water partition coefficient (Wildman–Crippen LogP) is 2.20. The molecule has 4 rings (SSSR count). The monoisotopic (exact) mass is 318 g/mol. The molecule has 1 unspecified atom stereocenters. The lowest BCUT2D eigenvalue weighted by Gasteiger charge is -2.49. The number of hydrogen-bond acceptors (Lipinski definition) is 5. The molecule has 0 radical (unpaired) electrons. The molecule has 6 heteroatoms. The van der Waals surface area contributed by atoms with Crippen LogP contribution in [0.2, 0.25) is 0 Å². The van der Waals surface area contributed by atoms with E-state index in [-0.39, 0.29) is 22.8 Å². The summed E-state index contributed by atoms with van der Waals surface area (Å²) in [6.45, 7) is 8.98. The molecular formula is C17H26N4O2. The summed E-state index contributed by atoms with van der Waals surface area (Å²) >= 11 is 0. The molecule has 2 saturated heterocycles. The van der Waals surface area contributed by atoms with Gasteiger partial charge in [-0.05, 0) is 26.3 Å². The van der Waals surface area contributed by atoms with Gasteiger partial charge in [-0.15, -0.1) is 10.2 Å². The lowest BCUT2D eigenvalue weighted by molar-refractivity contribution is -0.148. The first-order valence-electron chi connectivity index (χ1n) is 8.65. The van der Waals surface area contributed by atoms with Crippen molar-refractivity contribution in [3.63, 3.8) is 0 Å². The lowest BCUT2D eigenvalue weighted by atomic mass is 9.77. The molecule has 3 heterocycles. The molecule has 0 aromatic carbocycles. The summed E-state index contributed by atoms with van der Waals surface area (Å²) in [6.07, 6.45) is 3.11. The van der Waals surface area contributed by atoms with Gasteiger partial charge in [0.05, 0.1) is 6.04 Å². The summed E-state index contributed by atoms with van der Waals surface area (Å²) in [6, 6.07) is 0.184. The summed E-state index contributed by atoms with van der Waals surface area (Å²) in [5.74, 6) is 2.05. The van der Waals surface area contributed by atoms with Gasteiger partial charge in [0.1, 0.15) is 0 Å². The fourth-order valence-electron chi connectivity index (χ4n) is 4.08. The number of nitrogens with zero attached hydrogens (tertiary/aromatic N) is 4. The minimum Gasteiger partial charge on any atom is -0.423 e. The van der Waals surface area contributed by atoms with Crippen molar-refractivity contribution in [3.8, 4) is 0 Å². The number of amides is 1. The number of aromatic nitrogens is 2. The van der Waals surface area contributed by atoms with Crippen molar-refractivity contribution < 1.29 is 9.21 Å². The molecule has 23 heavy (non-hydrogen) atoms. The predicted molar refractivity (Wildman–Crippen MR) is 84.7 cm³/mol. The van der Waals surface area contributed by atoms with Crippen LogP contribution >= 0.6 is 0 Å². The minimum atomic E-state index is -0.0514. The van der Waals surface area contributed by atoms with Gasteiger partial charge in [0.25, 0.3) is 0 Å². The van der Waals surface area contributed by atoms with Crippen LogP contribution in [-0.2, 0) is 4.79 Å². The first-order chi connectivity index (χ1) is 10.8. The molecule has 1 atom stereocenters. The van der Waals surface area contributed by atoms with Crippen LogP contribution in [0.3, 0.4) is 0 Å². The number of carbonyl (C=O) groups is 1. The Kier molecular flexibility index (Phi) is 3.15. The Labute approximate surface area is 137 Å². The summed E-state index contributed by atoms with van der Waals surface area (Å²) in [5.41, 5.74) is 0.164. The second-order valence-corrected chi connectivity index (χ2v) is 8.49. The fraction of sp³-hybridized carbons (Fsp3) is 0.824. The van der Waals surface area contributed by atoms with E-state index in [1.54, 1.807) is 0 Å². The van der Waals surface area contributed by atoms with Gasteiger partial charge >= 0.3 is 0 Å². The largest absolute Gasteiger partial charge is 0.423 e. The van der Waals surface area contributed by atoms with Crippen LogP contribution in [0, 0.1) is 10.8 Å². The zero-order valence-electron chi connectivity index (χ0n) is 14.5. The van der Waals surface area contributed by atoms with Crippen molar-refractivity contribution in [1.29, 1.82) is 0 Å². The average molecular weight is 318 g/mol. The third-order valence-corrected chi connectivity index (χ3v) is 5.83. The lowest BCUT2D eigenvalue weighted by Crippen LogP contribution is -2.60. The Hall–Kier alpha value is -1.43. The van der Waals surface area contributed by atoms with Crippen molar-refractivity contribution in [3.05, 3.63) is 11.8 Å². The van der Waals surface area contributed by atoms with Crippen LogP contribution in [0.1, 0.15) is 63.8 Å². The third kappa shape index (κ3) is 2.38. The molecule has 1 aliphatic carbocycles. The fourth-order valence-corrected chi connectivity index (χ4v) is 4.08. The van der Waals surface area contributed by atoms with Gasteiger partial charge in [0.2, 0.25) is 17.7 Å². The highest BCUT2D eigenvalue weighted by molar-refractivity contribution is 5.85. The van der Waals surface area contributed by atoms with E-state index in [0.717, 1.165) is 44.8 Å². The molecule has 1 spiro atoms. The summed E-state index contributed by atoms with van der Waals surface area (Å²) in [7, 11) is 2.12. The first-order valence-corrected chi connectivity index (χ1v) is 8.65. The van der Waals surface area contributed by atoms with Gasteiger partial charge in [0.15, 0.2) is 0 Å². The number of hydrogen-bond donors (Lipinski definition) is 0. The Balaban J connectivity index is 1.43. The second kappa shape index (κ2) is 4.79. The molecule has 2 aliphatic heterocycles. The second-order valence-electron chi connectivity index (χ2n) is 8.49. The van der Waals surface area contributed by atoms with E-state index in [2.05, 4.69) is 47.8 Å². The molecule has 3 aliphatic rings. The normalized spacial score (nSPS) is 28.4. The molecule has 1 aromatic rings. The maximum absolute atomic E-state index is 12.4. The van der Waals surface area contributed by atoms with E-state index in [0.29, 0.717) is 11.8 Å². The number of likely N-dealkylation sites (tertiary alicyclic amines) is 2. The van der Waals surface area contributed by atoms with Gasteiger partial charge in [0, 0.05) is 36.4 Å². The average Bonchev–Trinajstić information content (AvgIpc) is 2.90. The van der Waals surface area contributed by atoms with Crippen LogP contribution in [0.5, 0.6) is 0 Å². The van der Waals surface area contributed by atoms with Crippen LogP contribution in [-0.4, -0.2) is 52.6 Å². The summed E-state index contributed by atoms with van der Waals surface area (Å²) in [5, 5.41) is 8.42. The van der Waals surface area contributed by atoms with Crippen LogP contribution < -0.4 is 0 Å². The third-order valence-electron chi connectivity index (χ3n) is 5.83. The summed E-state index contributed by atoms with van der Waals surface area (Å²) < 4.78 is 5.86. The quantitative estimate of drug-likeness (QED) is 0.855. The van der Waals surface area contributed by atoms with Crippen molar-refractivity contribution >= 4 is 5.91 Å². The van der Waals surface area contributed by atoms with Crippen LogP contribution in [0.15, 0.2) is 4.42 Å². The van der Waals surface area contributed by atoms with Gasteiger partial charge in [-0.1, -0.05) is 20.8 Å². The zero-order valence-corrected chi connectivity index (χ0v) is 14.5. The minimum absolute atomic E-state index is 0.0514. The van der Waals surface area contributed by atoms with Crippen molar-refractivity contribution in [2.24, 2.45) is 10.8 Å². The van der Waals surface area contributed by atoms with Gasteiger partial charge in [-0.2, -0.15) is 0 Å². The number of carbonyl (C=O) groups excluding carboxylic acids is 1. The molecule has 126 valence electrons. The molecule has 6 nitrogen and oxygen atoms in total. The van der Waals surface area contributed by atoms with E-state index in [1.165, 1.54) is 0 Å². The number of rotatable bonds is 3. The molecular weight excluding hydrogens is 292 g/mol. The maximum Gasteiger partial charge on any atom is 0.233 e. The molecule has 1 saturated carbocycles. The van der Waals surface area contributed by atoms with E-state index in [9.17, 15) is 4.79 Å². The van der Waals surface area contributed by atoms with Gasteiger partial charge in [-0.25, -0.2) is 0 Å². The van der Waals surface area contributed by atoms with Gasteiger partial charge < -0.3 is 9.32 Å². The Morgan fingerprint density at radius 1 is 1.26 bits per heavy atom. The molecule has 0 bridgehead atoms. The first kappa shape index (κ1) is 15.1. The van der Waals surface area contributed by atoms with Crippen LogP contribution in [0.4, 0.5) is 0 Å². The summed E-state index contributed by atoms with van der Waals surface area (Å²) in [4.78, 5) is 16.8. The highest BCUT2D eigenvalue weighted by atomic mass is 16.4. The highest BCUT2D eigenvalue weighted by Gasteiger charge is 2.57. The highest BCUT2D eigenvalue weighted by Crippen LogP contribution is 2.52. The zero-order chi connectivity index (χ0) is 16.4. The topological polar surface area (TPSA) is 62.5 Å². The smallest absolute Gasteiger partial charge is 0.233 e. The molecule has 0 N–H and O–H groups in total. The Morgan fingerprint density at radius 2 is 1.96 bits per heavy atom. The van der Waals surface area contributed by atoms with E-state index >= 15 is 0 Å². The van der Waals surface area contributed by atoms with Crippen molar-refractivity contribution in [2.45, 2.75) is 52.0 Å². The van der Waals surface area contributed by atoms with E-state index in [1.807, 2.05) is 0 Å². The van der Waals surface area contributed by atoms with E-state index < -0.39 is 0 Å². The standard InChI is InChI=1S/C17H26N4O2/c1-11(2)13-18-19-14(23-13)12-7-17(8-20(12)4)9-21(10-17)15(22)16(3)5-6-16/h11-12H,5-10H2,1-4H3. The molecule has 3 fully saturated rings. The van der Waals surface area contributed by atoms with E-state index in [4.69, 9.17) is 4.42 Å². The molecule has 1 aromatic heterocycles. The molecule has 1 amide bonds. The Morgan fingerprint density at radius 3 is 2.52 bits per heavy atom. The maximum atomic E-state index is 12.4. The Bertz CT molecular complexity index is 628. The SMILES string of the molecule is CC(C)c1nnc(C2CC3(CN(C(=O)C4(C)CC4)C3)CN2C)o1. The van der Waals surface area contributed by atoms with Gasteiger partial charge in [-0.3, -0.25) is 9.69 Å². The van der Waals surface area contributed by atoms with Crippen LogP contribution in [0.25, 0.3) is 0 Å².